The smallest absolute Gasteiger partial charge is 0.305 e. The van der Waals surface area contributed by atoms with E-state index in [0.29, 0.717) is 25.7 Å². The van der Waals surface area contributed by atoms with Crippen molar-refractivity contribution in [1.82, 2.24) is 0 Å². The first kappa shape index (κ1) is 22.4. The average molecular weight is 381 g/mol. The van der Waals surface area contributed by atoms with Crippen LogP contribution in [0.5, 0.6) is 0 Å². The number of aliphatic hydroxyl groups is 1. The molecule has 5 heteroatoms. The number of carbonyl (C=O) groups excluding carboxylic acids is 2. The molecule has 0 saturated heterocycles. The lowest BCUT2D eigenvalue weighted by atomic mass is 9.92. The number of halogens is 1. The normalized spacial score (nSPS) is 21.9. The Labute approximate surface area is 161 Å². The minimum Gasteiger partial charge on any atom is -0.469 e. The highest BCUT2D eigenvalue weighted by Crippen LogP contribution is 2.35. The van der Waals surface area contributed by atoms with Crippen molar-refractivity contribution in [3.05, 3.63) is 47.1 Å². The van der Waals surface area contributed by atoms with Crippen LogP contribution in [0.15, 0.2) is 47.1 Å². The number of carbonyl (C=O) groups is 2. The zero-order valence-corrected chi connectivity index (χ0v) is 16.4. The van der Waals surface area contributed by atoms with E-state index in [4.69, 9.17) is 11.6 Å². The Kier molecular flexibility index (Phi) is 10.2. The predicted octanol–water partition coefficient (Wildman–Crippen LogP) is 4.78. The number of ether oxygens (including phenoxy) is 1. The second-order valence-electron chi connectivity index (χ2n) is 6.39. The summed E-state index contributed by atoms with van der Waals surface area (Å²) in [6.07, 6.45) is 17.0. The third-order valence-electron chi connectivity index (χ3n) is 4.24. The van der Waals surface area contributed by atoms with Crippen LogP contribution in [0, 0.1) is 0 Å². The Hall–Kier alpha value is -1.65. The number of unbranched alkanes of at least 4 members (excludes halogenated alkanes) is 4. The van der Waals surface area contributed by atoms with E-state index >= 15 is 0 Å². The SMILES string of the molecule is CCCCC/C=C\CC1(O)C=C(Cl)C(=O)/C1=C\C=C\CCCC(=O)OC. The number of esters is 1. The third kappa shape index (κ3) is 7.30. The predicted molar refractivity (Wildman–Crippen MR) is 105 cm³/mol. The van der Waals surface area contributed by atoms with Gasteiger partial charge in [0.2, 0.25) is 5.78 Å². The van der Waals surface area contributed by atoms with Gasteiger partial charge in [-0.05, 0) is 31.8 Å². The van der Waals surface area contributed by atoms with Crippen molar-refractivity contribution < 1.29 is 19.4 Å². The van der Waals surface area contributed by atoms with Crippen molar-refractivity contribution in [2.24, 2.45) is 0 Å². The van der Waals surface area contributed by atoms with Gasteiger partial charge in [-0.15, -0.1) is 0 Å². The maximum atomic E-state index is 12.2. The Bertz CT molecular complexity index is 601. The van der Waals surface area contributed by atoms with Crippen LogP contribution in [0.25, 0.3) is 0 Å². The summed E-state index contributed by atoms with van der Waals surface area (Å²) in [6.45, 7) is 2.16. The molecule has 1 atom stereocenters. The van der Waals surface area contributed by atoms with Crippen LogP contribution in [-0.2, 0) is 14.3 Å². The lowest BCUT2D eigenvalue weighted by Crippen LogP contribution is -2.27. The summed E-state index contributed by atoms with van der Waals surface area (Å²) in [6, 6.07) is 0. The molecule has 1 aliphatic rings. The molecule has 0 aromatic heterocycles. The largest absolute Gasteiger partial charge is 0.469 e. The maximum absolute atomic E-state index is 12.2. The number of allylic oxidation sites excluding steroid dienone is 5. The summed E-state index contributed by atoms with van der Waals surface area (Å²) in [5.74, 6) is -0.577. The summed E-state index contributed by atoms with van der Waals surface area (Å²) in [5, 5.41) is 10.9. The summed E-state index contributed by atoms with van der Waals surface area (Å²) in [7, 11) is 1.37. The van der Waals surface area contributed by atoms with Crippen LogP contribution in [0.3, 0.4) is 0 Å². The van der Waals surface area contributed by atoms with E-state index < -0.39 is 5.60 Å². The summed E-state index contributed by atoms with van der Waals surface area (Å²) in [5.41, 5.74) is -1.07. The summed E-state index contributed by atoms with van der Waals surface area (Å²) >= 11 is 5.95. The van der Waals surface area contributed by atoms with Crippen LogP contribution in [0.2, 0.25) is 0 Å². The molecule has 26 heavy (non-hydrogen) atoms. The molecule has 0 saturated carbocycles. The topological polar surface area (TPSA) is 63.6 Å². The molecular formula is C21H29ClO4. The van der Waals surface area contributed by atoms with Crippen molar-refractivity contribution in [3.8, 4) is 0 Å². The van der Waals surface area contributed by atoms with E-state index in [0.717, 1.165) is 12.8 Å². The number of methoxy groups -OCH3 is 1. The average Bonchev–Trinajstić information content (AvgIpc) is 2.83. The molecule has 144 valence electrons. The molecule has 0 amide bonds. The molecule has 0 aromatic carbocycles. The number of hydrogen-bond donors (Lipinski definition) is 1. The van der Waals surface area contributed by atoms with Gasteiger partial charge < -0.3 is 9.84 Å². The molecule has 1 N–H and O–H groups in total. The van der Waals surface area contributed by atoms with Gasteiger partial charge in [0.25, 0.3) is 0 Å². The fourth-order valence-electron chi connectivity index (χ4n) is 2.69. The van der Waals surface area contributed by atoms with Crippen molar-refractivity contribution in [1.29, 1.82) is 0 Å². The van der Waals surface area contributed by atoms with Crippen molar-refractivity contribution in [2.75, 3.05) is 7.11 Å². The van der Waals surface area contributed by atoms with Crippen LogP contribution >= 0.6 is 11.6 Å². The lowest BCUT2D eigenvalue weighted by molar-refractivity contribution is -0.140. The molecule has 1 aliphatic carbocycles. The molecule has 0 fully saturated rings. The van der Waals surface area contributed by atoms with Crippen LogP contribution < -0.4 is 0 Å². The van der Waals surface area contributed by atoms with Crippen molar-refractivity contribution >= 4 is 23.4 Å². The number of Topliss-reactive ketones (excluding diaryl/α,β-unsaturated/α-hetero) is 1. The molecule has 0 bridgehead atoms. The first-order valence-electron chi connectivity index (χ1n) is 9.19. The quantitative estimate of drug-likeness (QED) is 0.242. The zero-order chi connectivity index (χ0) is 19.4. The minimum absolute atomic E-state index is 0.0530. The molecule has 1 rings (SSSR count). The van der Waals surface area contributed by atoms with Gasteiger partial charge in [0.15, 0.2) is 0 Å². The number of hydrogen-bond acceptors (Lipinski definition) is 4. The van der Waals surface area contributed by atoms with Gasteiger partial charge in [-0.3, -0.25) is 9.59 Å². The van der Waals surface area contributed by atoms with Crippen LogP contribution in [0.4, 0.5) is 0 Å². The Morgan fingerprint density at radius 3 is 2.65 bits per heavy atom. The number of rotatable bonds is 11. The maximum Gasteiger partial charge on any atom is 0.305 e. The first-order chi connectivity index (χ1) is 12.4. The minimum atomic E-state index is -1.36. The molecule has 0 radical (unpaired) electrons. The molecule has 1 unspecified atom stereocenters. The van der Waals surface area contributed by atoms with Crippen molar-refractivity contribution in [3.63, 3.8) is 0 Å². The second kappa shape index (κ2) is 11.9. The van der Waals surface area contributed by atoms with E-state index in [1.54, 1.807) is 12.2 Å². The molecule has 0 heterocycles. The molecule has 0 aliphatic heterocycles. The molecular weight excluding hydrogens is 352 g/mol. The van der Waals surface area contributed by atoms with E-state index in [1.165, 1.54) is 26.0 Å². The highest BCUT2D eigenvalue weighted by molar-refractivity contribution is 6.46. The Morgan fingerprint density at radius 1 is 1.23 bits per heavy atom. The summed E-state index contributed by atoms with van der Waals surface area (Å²) in [4.78, 5) is 23.2. The number of ketones is 1. The van der Waals surface area contributed by atoms with E-state index in [1.807, 2.05) is 18.2 Å². The molecule has 4 nitrogen and oxygen atoms in total. The van der Waals surface area contributed by atoms with Crippen LogP contribution in [-0.4, -0.2) is 29.6 Å². The Morgan fingerprint density at radius 2 is 1.96 bits per heavy atom. The molecule has 0 spiro atoms. The summed E-state index contributed by atoms with van der Waals surface area (Å²) < 4.78 is 4.58. The lowest BCUT2D eigenvalue weighted by Gasteiger charge is -2.20. The van der Waals surface area contributed by atoms with Gasteiger partial charge >= 0.3 is 5.97 Å². The Balaban J connectivity index is 2.62. The van der Waals surface area contributed by atoms with E-state index in [9.17, 15) is 14.7 Å². The standard InChI is InChI=1S/C21H29ClO4/c1-3-4-5-6-9-12-15-21(25)16-18(22)20(24)17(21)13-10-7-8-11-14-19(23)26-2/h7,9-10,12-13,16,25H,3-6,8,11,14-15H2,1-2H3/b10-7+,12-9-,17-13+. The highest BCUT2D eigenvalue weighted by Gasteiger charge is 2.40. The van der Waals surface area contributed by atoms with Gasteiger partial charge in [0, 0.05) is 18.4 Å². The van der Waals surface area contributed by atoms with Gasteiger partial charge in [-0.2, -0.15) is 0 Å². The zero-order valence-electron chi connectivity index (χ0n) is 15.7. The molecule has 0 aromatic rings. The van der Waals surface area contributed by atoms with Gasteiger partial charge in [-0.25, -0.2) is 0 Å². The van der Waals surface area contributed by atoms with Crippen molar-refractivity contribution in [2.45, 2.75) is 63.9 Å². The van der Waals surface area contributed by atoms with Gasteiger partial charge in [0.05, 0.1) is 12.1 Å². The second-order valence-corrected chi connectivity index (χ2v) is 6.80. The van der Waals surface area contributed by atoms with Crippen LogP contribution in [0.1, 0.15) is 58.3 Å². The first-order valence-corrected chi connectivity index (χ1v) is 9.57. The monoisotopic (exact) mass is 380 g/mol. The third-order valence-corrected chi connectivity index (χ3v) is 4.52. The van der Waals surface area contributed by atoms with E-state index in [2.05, 4.69) is 11.7 Å². The fraction of sp³-hybridized carbons (Fsp3) is 0.524. The highest BCUT2D eigenvalue weighted by atomic mass is 35.5. The van der Waals surface area contributed by atoms with Gasteiger partial charge in [-0.1, -0.05) is 61.7 Å². The van der Waals surface area contributed by atoms with E-state index in [-0.39, 0.29) is 22.4 Å². The fourth-order valence-corrected chi connectivity index (χ4v) is 2.97. The van der Waals surface area contributed by atoms with Gasteiger partial charge in [0.1, 0.15) is 5.60 Å².